The van der Waals surface area contributed by atoms with Crippen molar-refractivity contribution >= 4 is 38.6 Å². The number of sulfonamides is 1. The molecule has 1 aliphatic rings. The molecule has 1 aliphatic carbocycles. The highest BCUT2D eigenvalue weighted by molar-refractivity contribution is 7.89. The molecule has 1 fully saturated rings. The number of phenols is 2. The summed E-state index contributed by atoms with van der Waals surface area (Å²) in [6.45, 7) is 3.82. The number of anilines is 1. The highest BCUT2D eigenvalue weighted by Gasteiger charge is 2.35. The van der Waals surface area contributed by atoms with Gasteiger partial charge in [0.25, 0.3) is 0 Å². The second-order valence-electron chi connectivity index (χ2n) is 11.1. The van der Waals surface area contributed by atoms with Crippen molar-refractivity contribution in [3.05, 3.63) is 72.3 Å². The van der Waals surface area contributed by atoms with Crippen LogP contribution in [0, 0.1) is 0 Å². The van der Waals surface area contributed by atoms with Gasteiger partial charge in [-0.1, -0.05) is 56.5 Å². The Balaban J connectivity index is 1.61. The summed E-state index contributed by atoms with van der Waals surface area (Å²) >= 11 is 0. The lowest BCUT2D eigenvalue weighted by Crippen LogP contribution is -2.48. The molecule has 1 atom stereocenters. The molecule has 0 spiro atoms. The second kappa shape index (κ2) is 13.7. The first-order valence-electron chi connectivity index (χ1n) is 15.2. The summed E-state index contributed by atoms with van der Waals surface area (Å²) in [5, 5.41) is 31.9. The van der Waals surface area contributed by atoms with Gasteiger partial charge in [-0.05, 0) is 66.9 Å². The molecule has 13 heteroatoms. The fraction of sp³-hybridized carbons (Fsp3) is 0.375. The monoisotopic (exact) mass is 634 g/mol. The molecule has 0 aliphatic heterocycles. The maximum absolute atomic E-state index is 14.3. The number of phenolic OH excluding ortho intramolecular Hbond substituents is 2. The Kier molecular flexibility index (Phi) is 9.68. The molecule has 2 amide bonds. The van der Waals surface area contributed by atoms with Gasteiger partial charge in [0.05, 0.1) is 10.4 Å². The minimum absolute atomic E-state index is 0.0510. The highest BCUT2D eigenvalue weighted by Crippen LogP contribution is 2.35. The van der Waals surface area contributed by atoms with Crippen molar-refractivity contribution in [1.82, 2.24) is 24.6 Å². The van der Waals surface area contributed by atoms with Gasteiger partial charge in [-0.2, -0.15) is 4.31 Å². The van der Waals surface area contributed by atoms with Gasteiger partial charge in [-0.3, -0.25) is 14.5 Å². The van der Waals surface area contributed by atoms with Crippen LogP contribution in [0.1, 0.15) is 57.6 Å². The van der Waals surface area contributed by atoms with E-state index in [2.05, 4.69) is 15.6 Å². The van der Waals surface area contributed by atoms with Crippen molar-refractivity contribution in [2.45, 2.75) is 69.5 Å². The summed E-state index contributed by atoms with van der Waals surface area (Å²) in [6.07, 6.45) is 4.63. The Morgan fingerprint density at radius 3 is 2.31 bits per heavy atom. The molecule has 1 saturated carbocycles. The number of benzene rings is 3. The van der Waals surface area contributed by atoms with Crippen molar-refractivity contribution in [2.75, 3.05) is 18.0 Å². The van der Waals surface area contributed by atoms with Gasteiger partial charge in [-0.15, -0.1) is 5.10 Å². The maximum Gasteiger partial charge on any atom is 0.249 e. The quantitative estimate of drug-likeness (QED) is 0.208. The summed E-state index contributed by atoms with van der Waals surface area (Å²) in [7, 11) is -3.78. The van der Waals surface area contributed by atoms with Crippen LogP contribution in [0.2, 0.25) is 0 Å². The van der Waals surface area contributed by atoms with Crippen molar-refractivity contribution in [1.29, 1.82) is 0 Å². The van der Waals surface area contributed by atoms with Gasteiger partial charge < -0.3 is 15.5 Å². The average molecular weight is 635 g/mol. The average Bonchev–Trinajstić information content (AvgIpc) is 3.44. The molecule has 0 bridgehead atoms. The SMILES string of the molecule is CCN(CC)S(=O)(=O)c1ccc(N(C(=O)Cn2nnc3ccccc32)[C@@H](C(=O)NC2CCCCC2)c2ccc(O)c(O)c2)cc1. The van der Waals surface area contributed by atoms with Crippen LogP contribution in [-0.2, 0) is 26.2 Å². The molecule has 1 heterocycles. The molecule has 3 N–H and O–H groups in total. The van der Waals surface area contributed by atoms with Gasteiger partial charge in [0.2, 0.25) is 21.8 Å². The van der Waals surface area contributed by atoms with Gasteiger partial charge in [0.15, 0.2) is 11.5 Å². The number of carbonyl (C=O) groups is 2. The zero-order valence-corrected chi connectivity index (χ0v) is 26.2. The highest BCUT2D eigenvalue weighted by atomic mass is 32.2. The van der Waals surface area contributed by atoms with Crippen molar-refractivity contribution in [3.63, 3.8) is 0 Å². The van der Waals surface area contributed by atoms with Gasteiger partial charge >= 0.3 is 0 Å². The summed E-state index contributed by atoms with van der Waals surface area (Å²) < 4.78 is 29.2. The van der Waals surface area contributed by atoms with Crippen LogP contribution in [0.15, 0.2) is 71.6 Å². The van der Waals surface area contributed by atoms with E-state index in [1.54, 1.807) is 32.0 Å². The van der Waals surface area contributed by atoms with E-state index in [1.807, 2.05) is 6.07 Å². The topological polar surface area (TPSA) is 158 Å². The number of hydrogen-bond donors (Lipinski definition) is 3. The number of para-hydroxylation sites is 1. The summed E-state index contributed by atoms with van der Waals surface area (Å²) in [5.74, 6) is -1.81. The second-order valence-corrected chi connectivity index (χ2v) is 13.0. The molecule has 0 saturated heterocycles. The zero-order valence-electron chi connectivity index (χ0n) is 25.3. The molecule has 0 unspecified atom stereocenters. The number of carbonyl (C=O) groups excluding carboxylic acids is 2. The molecule has 45 heavy (non-hydrogen) atoms. The molecular weight excluding hydrogens is 596 g/mol. The summed E-state index contributed by atoms with van der Waals surface area (Å²) in [5.41, 5.74) is 1.74. The Morgan fingerprint density at radius 2 is 1.64 bits per heavy atom. The molecule has 1 aromatic heterocycles. The molecule has 12 nitrogen and oxygen atoms in total. The minimum Gasteiger partial charge on any atom is -0.504 e. The standard InChI is InChI=1S/C32H38N6O6S/c1-3-36(4-2)45(43,44)25-17-15-24(16-18-25)38(30(41)21-37-27-13-9-8-12-26(27)34-35-37)31(22-14-19-28(39)29(40)20-22)32(42)33-23-10-6-5-7-11-23/h8-9,12-20,23,31,39-40H,3-7,10-11,21H2,1-2H3,(H,33,42)/t31-/m1/s1. The number of nitrogens with one attached hydrogen (secondary N) is 1. The summed E-state index contributed by atoms with van der Waals surface area (Å²) in [4.78, 5) is 29.8. The van der Waals surface area contributed by atoms with Crippen LogP contribution in [0.3, 0.4) is 0 Å². The molecule has 0 radical (unpaired) electrons. The van der Waals surface area contributed by atoms with E-state index < -0.39 is 33.6 Å². The third-order valence-corrected chi connectivity index (χ3v) is 10.3. The third-order valence-electron chi connectivity index (χ3n) is 8.21. The molecule has 3 aromatic carbocycles. The van der Waals surface area contributed by atoms with Crippen LogP contribution >= 0.6 is 0 Å². The van der Waals surface area contributed by atoms with Crippen molar-refractivity contribution < 1.29 is 28.2 Å². The Bertz CT molecular complexity index is 1760. The van der Waals surface area contributed by atoms with E-state index in [-0.39, 0.29) is 34.5 Å². The first-order chi connectivity index (χ1) is 21.6. The number of aromatic nitrogens is 3. The van der Waals surface area contributed by atoms with Crippen molar-refractivity contribution in [3.8, 4) is 11.5 Å². The van der Waals surface area contributed by atoms with E-state index >= 15 is 0 Å². The van der Waals surface area contributed by atoms with E-state index in [4.69, 9.17) is 0 Å². The molecule has 238 valence electrons. The van der Waals surface area contributed by atoms with E-state index in [1.165, 1.54) is 56.4 Å². The Hall–Kier alpha value is -4.49. The summed E-state index contributed by atoms with van der Waals surface area (Å²) in [6, 6.07) is 15.6. The fourth-order valence-corrected chi connectivity index (χ4v) is 7.28. The normalized spacial score (nSPS) is 14.8. The molecule has 5 rings (SSSR count). The first kappa shape index (κ1) is 31.9. The number of rotatable bonds is 11. The molecule has 4 aromatic rings. The van der Waals surface area contributed by atoms with Crippen LogP contribution in [0.5, 0.6) is 11.5 Å². The van der Waals surface area contributed by atoms with E-state index in [9.17, 15) is 28.2 Å². The predicted octanol–water partition coefficient (Wildman–Crippen LogP) is 4.10. The minimum atomic E-state index is -3.78. The maximum atomic E-state index is 14.3. The Labute approximate surface area is 262 Å². The number of hydrogen-bond acceptors (Lipinski definition) is 8. The van der Waals surface area contributed by atoms with E-state index in [0.717, 1.165) is 32.1 Å². The van der Waals surface area contributed by atoms with Gasteiger partial charge in [-0.25, -0.2) is 13.1 Å². The fourth-order valence-electron chi connectivity index (χ4n) is 5.82. The largest absolute Gasteiger partial charge is 0.504 e. The lowest BCUT2D eigenvalue weighted by molar-refractivity contribution is -0.127. The number of fused-ring (bicyclic) bond motifs is 1. The van der Waals surface area contributed by atoms with Gasteiger partial charge in [0.1, 0.15) is 18.1 Å². The number of aromatic hydroxyl groups is 2. The zero-order chi connectivity index (χ0) is 32.1. The predicted molar refractivity (Wildman–Crippen MR) is 169 cm³/mol. The molecular formula is C32H38N6O6S. The van der Waals surface area contributed by atoms with Gasteiger partial charge in [0, 0.05) is 24.8 Å². The van der Waals surface area contributed by atoms with Crippen LogP contribution in [-0.4, -0.2) is 68.9 Å². The smallest absolute Gasteiger partial charge is 0.249 e. The first-order valence-corrected chi connectivity index (χ1v) is 16.6. The lowest BCUT2D eigenvalue weighted by Gasteiger charge is -2.33. The Morgan fingerprint density at radius 1 is 0.956 bits per heavy atom. The number of nitrogens with zero attached hydrogens (tertiary/aromatic N) is 5. The van der Waals surface area contributed by atoms with Crippen LogP contribution in [0.4, 0.5) is 5.69 Å². The third kappa shape index (κ3) is 6.79. The van der Waals surface area contributed by atoms with Crippen molar-refractivity contribution in [2.24, 2.45) is 0 Å². The lowest BCUT2D eigenvalue weighted by atomic mass is 9.94. The van der Waals surface area contributed by atoms with Crippen LogP contribution < -0.4 is 10.2 Å². The van der Waals surface area contributed by atoms with E-state index in [0.29, 0.717) is 24.1 Å². The van der Waals surface area contributed by atoms with Crippen LogP contribution in [0.25, 0.3) is 11.0 Å². The number of amides is 2.